The van der Waals surface area contributed by atoms with Gasteiger partial charge in [0, 0.05) is 74.5 Å². The molecule has 1 aromatic carbocycles. The third-order valence-corrected chi connectivity index (χ3v) is 8.28. The van der Waals surface area contributed by atoms with Crippen LogP contribution in [0.25, 0.3) is 5.65 Å². The van der Waals surface area contributed by atoms with Crippen molar-refractivity contribution in [2.24, 2.45) is 0 Å². The van der Waals surface area contributed by atoms with E-state index in [9.17, 15) is 9.18 Å². The molecule has 0 spiro atoms. The van der Waals surface area contributed by atoms with E-state index < -0.39 is 0 Å². The summed E-state index contributed by atoms with van der Waals surface area (Å²) in [5.74, 6) is 0.883. The molecule has 1 saturated heterocycles. The van der Waals surface area contributed by atoms with Gasteiger partial charge in [-0.05, 0) is 30.7 Å². The fourth-order valence-corrected chi connectivity index (χ4v) is 6.31. The molecule has 1 N–H and O–H groups in total. The molecule has 4 aromatic rings. The molecule has 40 heavy (non-hydrogen) atoms. The van der Waals surface area contributed by atoms with Gasteiger partial charge in [-0.3, -0.25) is 9.69 Å². The minimum Gasteiger partial charge on any atom is -0.333 e. The van der Waals surface area contributed by atoms with Crippen LogP contribution in [-0.2, 0) is 29.6 Å². The lowest BCUT2D eigenvalue weighted by molar-refractivity contribution is -0.120. The number of pyridine rings is 1. The molecular weight excluding hydrogens is 507 g/mol. The van der Waals surface area contributed by atoms with Crippen molar-refractivity contribution in [3.8, 4) is 0 Å². The van der Waals surface area contributed by atoms with E-state index in [-0.39, 0.29) is 23.2 Å². The average molecular weight is 545 g/mol. The Balaban J connectivity index is 1.30. The molecule has 1 fully saturated rings. The van der Waals surface area contributed by atoms with E-state index in [2.05, 4.69) is 63.6 Å². The minimum absolute atomic E-state index is 0.0828. The average Bonchev–Trinajstić information content (AvgIpc) is 3.64. The summed E-state index contributed by atoms with van der Waals surface area (Å²) in [4.78, 5) is 27.4. The molecule has 0 unspecified atom stereocenters. The summed E-state index contributed by atoms with van der Waals surface area (Å²) in [7, 11) is 0. The van der Waals surface area contributed by atoms with Gasteiger partial charge in [0.2, 0.25) is 5.91 Å². The van der Waals surface area contributed by atoms with E-state index in [1.165, 1.54) is 12.1 Å². The molecule has 2 atom stereocenters. The Hall–Kier alpha value is -3.63. The van der Waals surface area contributed by atoms with Crippen molar-refractivity contribution in [1.82, 2.24) is 34.4 Å². The van der Waals surface area contributed by atoms with Crippen molar-refractivity contribution in [3.63, 3.8) is 0 Å². The molecule has 0 bridgehead atoms. The van der Waals surface area contributed by atoms with Gasteiger partial charge in [0.25, 0.3) is 0 Å². The maximum atomic E-state index is 14.1. The minimum atomic E-state index is -0.297. The molecule has 2 aliphatic rings. The smallest absolute Gasteiger partial charge is 0.241 e. The van der Waals surface area contributed by atoms with E-state index in [1.54, 1.807) is 18.5 Å². The zero-order valence-electron chi connectivity index (χ0n) is 23.6. The van der Waals surface area contributed by atoms with E-state index in [0.29, 0.717) is 25.6 Å². The quantitative estimate of drug-likeness (QED) is 0.385. The summed E-state index contributed by atoms with van der Waals surface area (Å²) in [6, 6.07) is 9.10. The highest BCUT2D eigenvalue weighted by molar-refractivity contribution is 5.97. The van der Waals surface area contributed by atoms with Crippen LogP contribution in [0.4, 0.5) is 10.1 Å². The number of hydrogen-bond donors (Lipinski definition) is 1. The lowest BCUT2D eigenvalue weighted by Gasteiger charge is -2.40. The largest absolute Gasteiger partial charge is 0.333 e. The molecule has 2 aliphatic heterocycles. The number of aromatic nitrogens is 5. The first-order valence-electron chi connectivity index (χ1n) is 14.1. The van der Waals surface area contributed by atoms with Gasteiger partial charge in [-0.25, -0.2) is 18.9 Å². The molecule has 9 nitrogen and oxygen atoms in total. The molecule has 0 aliphatic carbocycles. The number of carbonyl (C=O) groups is 1. The number of anilines is 1. The second-order valence-corrected chi connectivity index (χ2v) is 11.8. The Morgan fingerprint density at radius 2 is 2.00 bits per heavy atom. The molecule has 10 heteroatoms. The van der Waals surface area contributed by atoms with Crippen molar-refractivity contribution in [1.29, 1.82) is 0 Å². The number of benzene rings is 1. The normalized spacial score (nSPS) is 20.8. The molecule has 210 valence electrons. The van der Waals surface area contributed by atoms with Crippen LogP contribution in [0.15, 0.2) is 49.1 Å². The van der Waals surface area contributed by atoms with Crippen LogP contribution in [0.1, 0.15) is 50.3 Å². The van der Waals surface area contributed by atoms with Crippen molar-refractivity contribution in [3.05, 3.63) is 77.5 Å². The van der Waals surface area contributed by atoms with Gasteiger partial charge in [-0.2, -0.15) is 5.10 Å². The lowest BCUT2D eigenvalue weighted by Crippen LogP contribution is -2.59. The van der Waals surface area contributed by atoms with Crippen molar-refractivity contribution >= 4 is 17.2 Å². The third-order valence-electron chi connectivity index (χ3n) is 8.28. The second kappa shape index (κ2) is 10.4. The van der Waals surface area contributed by atoms with E-state index in [1.807, 2.05) is 21.8 Å². The van der Waals surface area contributed by atoms with Crippen LogP contribution < -0.4 is 10.2 Å². The van der Waals surface area contributed by atoms with Crippen LogP contribution in [0.3, 0.4) is 0 Å². The number of aryl methyl sites for hydroxylation is 1. The van der Waals surface area contributed by atoms with Crippen LogP contribution in [0.5, 0.6) is 0 Å². The fourth-order valence-electron chi connectivity index (χ4n) is 6.31. The van der Waals surface area contributed by atoms with Gasteiger partial charge >= 0.3 is 0 Å². The monoisotopic (exact) mass is 544 g/mol. The Bertz CT molecular complexity index is 1520. The fraction of sp³-hybridized carbons (Fsp3) is 0.467. The summed E-state index contributed by atoms with van der Waals surface area (Å²) in [6.07, 6.45) is 6.89. The molecule has 6 rings (SSSR count). The lowest BCUT2D eigenvalue weighted by atomic mass is 9.90. The number of nitrogens with one attached hydrogen (secondary N) is 1. The van der Waals surface area contributed by atoms with Crippen LogP contribution >= 0.6 is 0 Å². The predicted octanol–water partition coefficient (Wildman–Crippen LogP) is 3.20. The maximum absolute atomic E-state index is 14.1. The number of piperazine rings is 1. The number of halogens is 1. The summed E-state index contributed by atoms with van der Waals surface area (Å²) in [5.41, 5.74) is 4.28. The maximum Gasteiger partial charge on any atom is 0.241 e. The number of nitrogens with zero attached hydrogens (tertiary/aromatic N) is 7. The van der Waals surface area contributed by atoms with Crippen molar-refractivity contribution in [2.75, 3.05) is 31.1 Å². The number of rotatable bonds is 7. The molecule has 3 aromatic heterocycles. The van der Waals surface area contributed by atoms with Gasteiger partial charge in [0.05, 0.1) is 17.9 Å². The first kappa shape index (κ1) is 26.6. The topological polar surface area (TPSA) is 83.6 Å². The van der Waals surface area contributed by atoms with Crippen LogP contribution in [-0.4, -0.2) is 73.2 Å². The Morgan fingerprint density at radius 3 is 2.77 bits per heavy atom. The van der Waals surface area contributed by atoms with Crippen molar-refractivity contribution in [2.45, 2.75) is 64.6 Å². The SMILES string of the molecule is CCc1nccn1C[C@H]1CN[C@H](C)CN1CC(=O)N1CC(C)(C)c2c1cc(Cc1ccc(F)cc1)c1ncnn21. The Morgan fingerprint density at radius 1 is 1.20 bits per heavy atom. The zero-order valence-corrected chi connectivity index (χ0v) is 23.6. The van der Waals surface area contributed by atoms with E-state index in [0.717, 1.165) is 60.0 Å². The summed E-state index contributed by atoms with van der Waals surface area (Å²) in [5, 5.41) is 8.16. The molecular formula is C30H37FN8O. The molecule has 0 saturated carbocycles. The standard InChI is InChI=1S/C30H37FN8O/c1-5-26-32-10-11-36(26)16-24-14-33-20(2)15-37(24)17-27(40)38-18-30(3,4)28-25(38)13-22(29-34-19-35-39(28)29)12-21-6-8-23(31)9-7-21/h6-11,13,19-20,24,33H,5,12,14-18H2,1-4H3/t20-,24-/m1/s1. The summed E-state index contributed by atoms with van der Waals surface area (Å²) >= 11 is 0. The van der Waals surface area contributed by atoms with Crippen LogP contribution in [0, 0.1) is 5.82 Å². The van der Waals surface area contributed by atoms with Gasteiger partial charge in [0.1, 0.15) is 18.0 Å². The Labute approximate surface area is 234 Å². The zero-order chi connectivity index (χ0) is 28.0. The first-order chi connectivity index (χ1) is 19.2. The van der Waals surface area contributed by atoms with Gasteiger partial charge < -0.3 is 14.8 Å². The van der Waals surface area contributed by atoms with E-state index >= 15 is 0 Å². The highest BCUT2D eigenvalue weighted by atomic mass is 19.1. The number of imidazole rings is 1. The van der Waals surface area contributed by atoms with Crippen LogP contribution in [0.2, 0.25) is 0 Å². The second-order valence-electron chi connectivity index (χ2n) is 11.8. The number of amides is 1. The van der Waals surface area contributed by atoms with Crippen molar-refractivity contribution < 1.29 is 9.18 Å². The Kier molecular flexibility index (Phi) is 6.92. The van der Waals surface area contributed by atoms with Gasteiger partial charge in [0.15, 0.2) is 5.65 Å². The first-order valence-corrected chi connectivity index (χ1v) is 14.1. The highest BCUT2D eigenvalue weighted by Crippen LogP contribution is 2.42. The predicted molar refractivity (Wildman–Crippen MR) is 152 cm³/mol. The summed E-state index contributed by atoms with van der Waals surface area (Å²) in [6.45, 7) is 11.9. The summed E-state index contributed by atoms with van der Waals surface area (Å²) < 4.78 is 17.6. The third kappa shape index (κ3) is 4.90. The number of carbonyl (C=O) groups excluding carboxylic acids is 1. The molecule has 0 radical (unpaired) electrons. The van der Waals surface area contributed by atoms with E-state index in [4.69, 9.17) is 0 Å². The number of hydrogen-bond acceptors (Lipinski definition) is 6. The van der Waals surface area contributed by atoms with Gasteiger partial charge in [-0.1, -0.05) is 32.9 Å². The molecule has 1 amide bonds. The van der Waals surface area contributed by atoms with Gasteiger partial charge in [-0.15, -0.1) is 0 Å². The molecule has 5 heterocycles. The highest BCUT2D eigenvalue weighted by Gasteiger charge is 2.42. The number of fused-ring (bicyclic) bond motifs is 3.